The topological polar surface area (TPSA) is 17.3 Å². The predicted octanol–water partition coefficient (Wildman–Crippen LogP) is 4.05. The summed E-state index contributed by atoms with van der Waals surface area (Å²) >= 11 is 0. The smallest absolute Gasteiger partial charge is 0.115 e. The zero-order chi connectivity index (χ0) is 12.1. The lowest BCUT2D eigenvalue weighted by Gasteiger charge is -2.05. The van der Waals surface area contributed by atoms with Gasteiger partial charge in [-0.2, -0.15) is 0 Å². The highest BCUT2D eigenvalue weighted by atomic mass is 15.0. The highest BCUT2D eigenvalue weighted by molar-refractivity contribution is 5.47. The maximum Gasteiger partial charge on any atom is 0.115 e. The van der Waals surface area contributed by atoms with Crippen LogP contribution in [0.15, 0.2) is 24.5 Å². The summed E-state index contributed by atoms with van der Waals surface area (Å²) in [6.07, 6.45) is 5.21. The molecular weight excluding hydrogens is 196 g/mol. The van der Waals surface area contributed by atoms with Crippen molar-refractivity contribution in [1.82, 2.24) is 9.38 Å². The van der Waals surface area contributed by atoms with Crippen LogP contribution in [0.3, 0.4) is 0 Å². The SMILES string of the molecule is CC.CCc1ccc2cnc(C(C)C)n2c1. The minimum absolute atomic E-state index is 0.476. The molecule has 2 heteroatoms. The lowest BCUT2D eigenvalue weighted by molar-refractivity contribution is 0.768. The van der Waals surface area contributed by atoms with Crippen LogP contribution < -0.4 is 0 Å². The molecule has 0 saturated carbocycles. The summed E-state index contributed by atoms with van der Waals surface area (Å²) in [5.74, 6) is 1.62. The molecule has 2 rings (SSSR count). The second-order valence-electron chi connectivity index (χ2n) is 3.96. The summed E-state index contributed by atoms with van der Waals surface area (Å²) in [5, 5.41) is 0. The van der Waals surface area contributed by atoms with Crippen molar-refractivity contribution >= 4 is 5.52 Å². The normalized spacial score (nSPS) is 10.4. The number of aromatic nitrogens is 2. The monoisotopic (exact) mass is 218 g/mol. The molecule has 16 heavy (non-hydrogen) atoms. The average molecular weight is 218 g/mol. The number of imidazole rings is 1. The zero-order valence-electron chi connectivity index (χ0n) is 11.0. The maximum absolute atomic E-state index is 4.43. The van der Waals surface area contributed by atoms with E-state index in [2.05, 4.69) is 48.5 Å². The van der Waals surface area contributed by atoms with Crippen molar-refractivity contribution < 1.29 is 0 Å². The molecule has 0 bridgehead atoms. The molecule has 0 amide bonds. The van der Waals surface area contributed by atoms with Crippen LogP contribution in [0, 0.1) is 0 Å². The molecule has 0 unspecified atom stereocenters. The molecule has 2 heterocycles. The molecular formula is C14H22N2. The summed E-state index contributed by atoms with van der Waals surface area (Å²) in [4.78, 5) is 4.43. The minimum Gasteiger partial charge on any atom is -0.303 e. The lowest BCUT2D eigenvalue weighted by Crippen LogP contribution is -1.97. The molecule has 0 aliphatic heterocycles. The number of fused-ring (bicyclic) bond motifs is 1. The first-order valence-corrected chi connectivity index (χ1v) is 6.18. The summed E-state index contributed by atoms with van der Waals surface area (Å²) in [6, 6.07) is 4.30. The van der Waals surface area contributed by atoms with Gasteiger partial charge in [0, 0.05) is 12.1 Å². The molecule has 2 aromatic rings. The fourth-order valence-corrected chi connectivity index (χ4v) is 1.69. The molecule has 2 nitrogen and oxygen atoms in total. The van der Waals surface area contributed by atoms with E-state index in [0.29, 0.717) is 5.92 Å². The molecule has 0 atom stereocenters. The molecule has 0 aliphatic carbocycles. The van der Waals surface area contributed by atoms with Crippen LogP contribution in [0.4, 0.5) is 0 Å². The first-order chi connectivity index (χ1) is 7.72. The third-order valence-electron chi connectivity index (χ3n) is 2.54. The fourth-order valence-electron chi connectivity index (χ4n) is 1.69. The Labute approximate surface area is 98.3 Å². The van der Waals surface area contributed by atoms with Gasteiger partial charge in [-0.25, -0.2) is 4.98 Å². The van der Waals surface area contributed by atoms with Crippen molar-refractivity contribution in [2.45, 2.75) is 47.0 Å². The van der Waals surface area contributed by atoms with E-state index in [-0.39, 0.29) is 0 Å². The van der Waals surface area contributed by atoms with Gasteiger partial charge >= 0.3 is 0 Å². The van der Waals surface area contributed by atoms with Crippen LogP contribution in [-0.2, 0) is 6.42 Å². The number of hydrogen-bond donors (Lipinski definition) is 0. The molecule has 0 N–H and O–H groups in total. The van der Waals surface area contributed by atoms with Crippen molar-refractivity contribution in [3.05, 3.63) is 35.9 Å². The van der Waals surface area contributed by atoms with E-state index in [4.69, 9.17) is 0 Å². The van der Waals surface area contributed by atoms with E-state index in [1.807, 2.05) is 20.0 Å². The van der Waals surface area contributed by atoms with Crippen LogP contribution in [0.25, 0.3) is 5.52 Å². The Morgan fingerprint density at radius 1 is 1.25 bits per heavy atom. The molecule has 0 aliphatic rings. The van der Waals surface area contributed by atoms with Gasteiger partial charge in [0.15, 0.2) is 0 Å². The molecule has 0 aromatic carbocycles. The number of aryl methyl sites for hydroxylation is 1. The van der Waals surface area contributed by atoms with E-state index >= 15 is 0 Å². The van der Waals surface area contributed by atoms with Crippen molar-refractivity contribution in [3.8, 4) is 0 Å². The van der Waals surface area contributed by atoms with E-state index in [9.17, 15) is 0 Å². The van der Waals surface area contributed by atoms with Gasteiger partial charge < -0.3 is 4.40 Å². The predicted molar refractivity (Wildman–Crippen MR) is 70.0 cm³/mol. The van der Waals surface area contributed by atoms with Crippen LogP contribution >= 0.6 is 0 Å². The van der Waals surface area contributed by atoms with Gasteiger partial charge in [-0.3, -0.25) is 0 Å². The molecule has 88 valence electrons. The molecule has 2 aromatic heterocycles. The van der Waals surface area contributed by atoms with Crippen molar-refractivity contribution in [3.63, 3.8) is 0 Å². The summed E-state index contributed by atoms with van der Waals surface area (Å²) in [5.41, 5.74) is 2.54. The van der Waals surface area contributed by atoms with Crippen molar-refractivity contribution in [1.29, 1.82) is 0 Å². The Morgan fingerprint density at radius 2 is 1.94 bits per heavy atom. The van der Waals surface area contributed by atoms with Gasteiger partial charge in [-0.05, 0) is 18.1 Å². The van der Waals surface area contributed by atoms with E-state index in [0.717, 1.165) is 12.2 Å². The van der Waals surface area contributed by atoms with E-state index < -0.39 is 0 Å². The maximum atomic E-state index is 4.43. The van der Waals surface area contributed by atoms with Crippen LogP contribution in [0.2, 0.25) is 0 Å². The number of hydrogen-bond acceptors (Lipinski definition) is 1. The van der Waals surface area contributed by atoms with Gasteiger partial charge in [0.05, 0.1) is 11.7 Å². The molecule has 0 fully saturated rings. The molecule has 0 radical (unpaired) electrons. The zero-order valence-corrected chi connectivity index (χ0v) is 11.0. The standard InChI is InChI=1S/C12H16N2.C2H6/c1-4-10-5-6-11-7-13-12(9(2)3)14(11)8-10;1-2/h5-9H,4H2,1-3H3;1-2H3. The summed E-state index contributed by atoms with van der Waals surface area (Å²) < 4.78 is 2.20. The number of pyridine rings is 1. The second-order valence-corrected chi connectivity index (χ2v) is 3.96. The highest BCUT2D eigenvalue weighted by Gasteiger charge is 2.06. The first-order valence-electron chi connectivity index (χ1n) is 6.18. The second kappa shape index (κ2) is 5.69. The summed E-state index contributed by atoms with van der Waals surface area (Å²) in [7, 11) is 0. The molecule has 0 spiro atoms. The number of nitrogens with zero attached hydrogens (tertiary/aromatic N) is 2. The lowest BCUT2D eigenvalue weighted by atomic mass is 10.2. The van der Waals surface area contributed by atoms with Gasteiger partial charge in [-0.15, -0.1) is 0 Å². The largest absolute Gasteiger partial charge is 0.303 e. The van der Waals surface area contributed by atoms with Gasteiger partial charge in [0.1, 0.15) is 5.82 Å². The van der Waals surface area contributed by atoms with E-state index in [1.165, 1.54) is 11.1 Å². The number of rotatable bonds is 2. The van der Waals surface area contributed by atoms with Crippen molar-refractivity contribution in [2.75, 3.05) is 0 Å². The van der Waals surface area contributed by atoms with Crippen LogP contribution in [0.1, 0.15) is 51.9 Å². The Kier molecular flexibility index (Phi) is 4.53. The van der Waals surface area contributed by atoms with Gasteiger partial charge in [0.2, 0.25) is 0 Å². The van der Waals surface area contributed by atoms with Gasteiger partial charge in [0.25, 0.3) is 0 Å². The highest BCUT2D eigenvalue weighted by Crippen LogP contribution is 2.16. The average Bonchev–Trinajstić information content (AvgIpc) is 2.74. The quantitative estimate of drug-likeness (QED) is 0.743. The van der Waals surface area contributed by atoms with Crippen molar-refractivity contribution in [2.24, 2.45) is 0 Å². The Balaban J connectivity index is 0.000000606. The van der Waals surface area contributed by atoms with Gasteiger partial charge in [-0.1, -0.05) is 40.7 Å². The Hall–Kier alpha value is -1.31. The Bertz CT molecular complexity index is 441. The third kappa shape index (κ3) is 2.43. The van der Waals surface area contributed by atoms with Crippen LogP contribution in [0.5, 0.6) is 0 Å². The first kappa shape index (κ1) is 12.8. The fraction of sp³-hybridized carbons (Fsp3) is 0.500. The van der Waals surface area contributed by atoms with E-state index in [1.54, 1.807) is 0 Å². The third-order valence-corrected chi connectivity index (χ3v) is 2.54. The van der Waals surface area contributed by atoms with Crippen LogP contribution in [-0.4, -0.2) is 9.38 Å². The Morgan fingerprint density at radius 3 is 2.50 bits per heavy atom. The minimum atomic E-state index is 0.476. The summed E-state index contributed by atoms with van der Waals surface area (Å²) in [6.45, 7) is 10.5. The molecule has 0 saturated heterocycles.